The van der Waals surface area contributed by atoms with Gasteiger partial charge in [-0.05, 0) is 18.6 Å². The highest BCUT2D eigenvalue weighted by Gasteiger charge is 2.10. The topological polar surface area (TPSA) is 66.4 Å². The van der Waals surface area contributed by atoms with Gasteiger partial charge < -0.3 is 10.4 Å². The monoisotopic (exact) mass is 299 g/mol. The molecule has 0 saturated heterocycles. The van der Waals surface area contributed by atoms with E-state index in [2.05, 4.69) is 5.32 Å². The molecule has 0 unspecified atom stereocenters. The first-order valence-corrected chi connectivity index (χ1v) is 6.42. The molecule has 1 aromatic carbocycles. The number of nitrogens with one attached hydrogen (secondary N) is 1. The maximum Gasteiger partial charge on any atom is 0.306 e. The van der Waals surface area contributed by atoms with Crippen LogP contribution in [-0.2, 0) is 9.59 Å². The second-order valence-electron chi connectivity index (χ2n) is 4.30. The summed E-state index contributed by atoms with van der Waals surface area (Å²) in [5.41, 5.74) is 0.214. The minimum absolute atomic E-state index is 0.0113. The van der Waals surface area contributed by atoms with Gasteiger partial charge in [0.25, 0.3) is 0 Å². The van der Waals surface area contributed by atoms with Gasteiger partial charge >= 0.3 is 5.97 Å². The summed E-state index contributed by atoms with van der Waals surface area (Å²) in [6, 6.07) is 4.50. The maximum atomic E-state index is 13.5. The van der Waals surface area contributed by atoms with Crippen LogP contribution in [0.4, 0.5) is 4.39 Å². The molecule has 0 fully saturated rings. The molecule has 0 bridgehead atoms. The average molecular weight is 300 g/mol. The summed E-state index contributed by atoms with van der Waals surface area (Å²) in [4.78, 5) is 22.0. The van der Waals surface area contributed by atoms with Gasteiger partial charge in [0.2, 0.25) is 5.91 Å². The van der Waals surface area contributed by atoms with Crippen molar-refractivity contribution in [2.75, 3.05) is 6.54 Å². The molecule has 108 valence electrons. The van der Waals surface area contributed by atoms with Crippen molar-refractivity contribution in [1.29, 1.82) is 0 Å². The Balaban J connectivity index is 2.48. The third kappa shape index (κ3) is 5.01. The number of carbonyl (C=O) groups is 2. The largest absolute Gasteiger partial charge is 0.481 e. The van der Waals surface area contributed by atoms with E-state index in [-0.39, 0.29) is 17.1 Å². The lowest BCUT2D eigenvalue weighted by Gasteiger charge is -2.06. The molecule has 1 atom stereocenters. The fourth-order valence-corrected chi connectivity index (χ4v) is 1.59. The Bertz CT molecular complexity index is 531. The summed E-state index contributed by atoms with van der Waals surface area (Å²) >= 11 is 5.61. The summed E-state index contributed by atoms with van der Waals surface area (Å²) in [5.74, 6) is -2.43. The first-order chi connectivity index (χ1) is 9.41. The Hall–Kier alpha value is -1.88. The molecular weight excluding hydrogens is 285 g/mol. The molecule has 2 N–H and O–H groups in total. The van der Waals surface area contributed by atoms with Crippen LogP contribution in [0.1, 0.15) is 18.9 Å². The van der Waals surface area contributed by atoms with E-state index in [4.69, 9.17) is 16.7 Å². The summed E-state index contributed by atoms with van der Waals surface area (Å²) in [7, 11) is 0. The number of amides is 1. The second-order valence-corrected chi connectivity index (χ2v) is 4.70. The number of carbonyl (C=O) groups excluding carboxylic acids is 1. The van der Waals surface area contributed by atoms with Crippen LogP contribution in [-0.4, -0.2) is 23.5 Å². The second kappa shape index (κ2) is 7.65. The van der Waals surface area contributed by atoms with Gasteiger partial charge in [0.05, 0.1) is 10.9 Å². The van der Waals surface area contributed by atoms with Crippen molar-refractivity contribution < 1.29 is 19.1 Å². The van der Waals surface area contributed by atoms with Gasteiger partial charge in [-0.2, -0.15) is 0 Å². The van der Waals surface area contributed by atoms with Crippen LogP contribution in [0.15, 0.2) is 24.3 Å². The Morgan fingerprint density at radius 2 is 2.20 bits per heavy atom. The van der Waals surface area contributed by atoms with Crippen molar-refractivity contribution in [2.45, 2.75) is 13.3 Å². The highest BCUT2D eigenvalue weighted by molar-refractivity contribution is 6.30. The third-order valence-electron chi connectivity index (χ3n) is 2.69. The van der Waals surface area contributed by atoms with E-state index in [0.29, 0.717) is 6.42 Å². The zero-order valence-electron chi connectivity index (χ0n) is 10.9. The number of hydrogen-bond acceptors (Lipinski definition) is 2. The molecule has 20 heavy (non-hydrogen) atoms. The molecule has 0 aliphatic heterocycles. The molecule has 0 spiro atoms. The number of aliphatic carboxylic acids is 1. The number of carboxylic acids is 1. The lowest BCUT2D eigenvalue weighted by Crippen LogP contribution is -2.25. The molecule has 1 aromatic rings. The highest BCUT2D eigenvalue weighted by Crippen LogP contribution is 2.18. The number of hydrogen-bond donors (Lipinski definition) is 2. The molecule has 0 radical (unpaired) electrons. The minimum atomic E-state index is -0.907. The Kier molecular flexibility index (Phi) is 6.18. The molecule has 0 aliphatic carbocycles. The lowest BCUT2D eigenvalue weighted by atomic mass is 10.1. The normalized spacial score (nSPS) is 12.3. The molecule has 1 rings (SSSR count). The van der Waals surface area contributed by atoms with Gasteiger partial charge in [0.15, 0.2) is 0 Å². The van der Waals surface area contributed by atoms with Gasteiger partial charge in [-0.3, -0.25) is 9.59 Å². The van der Waals surface area contributed by atoms with Crippen molar-refractivity contribution in [3.8, 4) is 0 Å². The molecule has 0 aliphatic rings. The molecule has 1 amide bonds. The fourth-order valence-electron chi connectivity index (χ4n) is 1.41. The van der Waals surface area contributed by atoms with Crippen molar-refractivity contribution in [3.63, 3.8) is 0 Å². The first-order valence-electron chi connectivity index (χ1n) is 6.04. The Morgan fingerprint density at radius 1 is 1.50 bits per heavy atom. The fraction of sp³-hybridized carbons (Fsp3) is 0.286. The maximum absolute atomic E-state index is 13.5. The molecule has 6 heteroatoms. The number of halogens is 2. The summed E-state index contributed by atoms with van der Waals surface area (Å²) in [6.07, 6.45) is 2.83. The van der Waals surface area contributed by atoms with Crippen LogP contribution in [0, 0.1) is 11.7 Å². The highest BCUT2D eigenvalue weighted by atomic mass is 35.5. The standard InChI is InChI=1S/C14H15ClFNO3/c1-9(14(19)20)7-8-17-12(18)6-5-10-3-2-4-11(15)13(10)16/h2-6,9H,7-8H2,1H3,(H,17,18)(H,19,20)/b6-5+/t9-/m0/s1. The van der Waals surface area contributed by atoms with E-state index in [9.17, 15) is 14.0 Å². The summed E-state index contributed by atoms with van der Waals surface area (Å²) in [5, 5.41) is 11.2. The smallest absolute Gasteiger partial charge is 0.306 e. The van der Waals surface area contributed by atoms with E-state index in [1.807, 2.05) is 0 Å². The van der Waals surface area contributed by atoms with Crippen molar-refractivity contribution in [3.05, 3.63) is 40.7 Å². The van der Waals surface area contributed by atoms with E-state index in [1.54, 1.807) is 13.0 Å². The van der Waals surface area contributed by atoms with E-state index in [1.165, 1.54) is 24.3 Å². The third-order valence-corrected chi connectivity index (χ3v) is 2.99. The number of carboxylic acid groups (broad SMARTS) is 1. The van der Waals surface area contributed by atoms with E-state index >= 15 is 0 Å². The van der Waals surface area contributed by atoms with Gasteiger partial charge in [-0.25, -0.2) is 4.39 Å². The number of benzene rings is 1. The van der Waals surface area contributed by atoms with Crippen LogP contribution < -0.4 is 5.32 Å². The Morgan fingerprint density at radius 3 is 2.85 bits per heavy atom. The van der Waals surface area contributed by atoms with Gasteiger partial charge in [-0.15, -0.1) is 0 Å². The summed E-state index contributed by atoms with van der Waals surface area (Å²) in [6.45, 7) is 1.81. The number of rotatable bonds is 6. The SMILES string of the molecule is C[C@@H](CCNC(=O)/C=C/c1cccc(Cl)c1F)C(=O)O. The molecule has 4 nitrogen and oxygen atoms in total. The van der Waals surface area contributed by atoms with Crippen molar-refractivity contribution >= 4 is 29.6 Å². The van der Waals surface area contributed by atoms with Crippen LogP contribution in [0.5, 0.6) is 0 Å². The van der Waals surface area contributed by atoms with E-state index < -0.39 is 23.6 Å². The van der Waals surface area contributed by atoms with Crippen molar-refractivity contribution in [1.82, 2.24) is 5.32 Å². The Labute approximate surface area is 121 Å². The van der Waals surface area contributed by atoms with Crippen LogP contribution in [0.3, 0.4) is 0 Å². The van der Waals surface area contributed by atoms with Gasteiger partial charge in [-0.1, -0.05) is 30.7 Å². The zero-order valence-corrected chi connectivity index (χ0v) is 11.7. The predicted molar refractivity (Wildman–Crippen MR) is 74.9 cm³/mol. The summed E-state index contributed by atoms with van der Waals surface area (Å²) < 4.78 is 13.5. The van der Waals surface area contributed by atoms with Crippen LogP contribution >= 0.6 is 11.6 Å². The van der Waals surface area contributed by atoms with Crippen LogP contribution in [0.25, 0.3) is 6.08 Å². The quantitative estimate of drug-likeness (QED) is 0.794. The molecule has 0 aromatic heterocycles. The van der Waals surface area contributed by atoms with Gasteiger partial charge in [0, 0.05) is 18.2 Å². The zero-order chi connectivity index (χ0) is 15.1. The average Bonchev–Trinajstić information content (AvgIpc) is 2.40. The van der Waals surface area contributed by atoms with Gasteiger partial charge in [0.1, 0.15) is 5.82 Å². The minimum Gasteiger partial charge on any atom is -0.481 e. The first kappa shape index (κ1) is 16.2. The van der Waals surface area contributed by atoms with Crippen molar-refractivity contribution in [2.24, 2.45) is 5.92 Å². The molecule has 0 heterocycles. The lowest BCUT2D eigenvalue weighted by molar-refractivity contribution is -0.141. The molecular formula is C14H15ClFNO3. The predicted octanol–water partition coefficient (Wildman–Crippen LogP) is 2.72. The van der Waals surface area contributed by atoms with Crippen LogP contribution in [0.2, 0.25) is 5.02 Å². The van der Waals surface area contributed by atoms with E-state index in [0.717, 1.165) is 0 Å². The molecule has 0 saturated carbocycles.